The first kappa shape index (κ1) is 12.3. The molecule has 0 saturated carbocycles. The molecule has 0 bridgehead atoms. The highest BCUT2D eigenvalue weighted by atomic mass is 32.1. The predicted molar refractivity (Wildman–Crippen MR) is 62.8 cm³/mol. The molecule has 0 aliphatic rings. The SMILES string of the molecule is NC(=O)c1nc(-c2ccc(CO)o2)sc1C(N)=O. The summed E-state index contributed by atoms with van der Waals surface area (Å²) in [4.78, 5) is 26.2. The summed E-state index contributed by atoms with van der Waals surface area (Å²) in [5.74, 6) is -0.928. The molecule has 5 N–H and O–H groups in total. The number of hydrogen-bond acceptors (Lipinski definition) is 6. The number of thiazole rings is 1. The number of furan rings is 1. The van der Waals surface area contributed by atoms with Crippen molar-refractivity contribution in [3.63, 3.8) is 0 Å². The fourth-order valence-corrected chi connectivity index (χ4v) is 2.22. The van der Waals surface area contributed by atoms with Crippen LogP contribution in [-0.4, -0.2) is 21.9 Å². The third kappa shape index (κ3) is 2.11. The lowest BCUT2D eigenvalue weighted by Gasteiger charge is -1.90. The van der Waals surface area contributed by atoms with Crippen molar-refractivity contribution < 1.29 is 19.1 Å². The highest BCUT2D eigenvalue weighted by molar-refractivity contribution is 7.17. The van der Waals surface area contributed by atoms with Crippen molar-refractivity contribution in [3.05, 3.63) is 28.5 Å². The van der Waals surface area contributed by atoms with Gasteiger partial charge in [-0.05, 0) is 12.1 Å². The van der Waals surface area contributed by atoms with Gasteiger partial charge in [-0.1, -0.05) is 0 Å². The Morgan fingerprint density at radius 2 is 2.06 bits per heavy atom. The van der Waals surface area contributed by atoms with Crippen molar-refractivity contribution in [1.82, 2.24) is 4.98 Å². The van der Waals surface area contributed by atoms with Crippen LogP contribution < -0.4 is 11.5 Å². The molecule has 8 heteroatoms. The topological polar surface area (TPSA) is 132 Å². The van der Waals surface area contributed by atoms with Gasteiger partial charge in [0.15, 0.2) is 16.5 Å². The molecule has 2 heterocycles. The van der Waals surface area contributed by atoms with Gasteiger partial charge in [0.2, 0.25) is 0 Å². The van der Waals surface area contributed by atoms with E-state index in [0.717, 1.165) is 11.3 Å². The first-order valence-electron chi connectivity index (χ1n) is 4.83. The summed E-state index contributed by atoms with van der Waals surface area (Å²) in [6.07, 6.45) is 0. The molecule has 2 rings (SSSR count). The Morgan fingerprint density at radius 3 is 2.50 bits per heavy atom. The molecule has 0 saturated heterocycles. The Hall–Kier alpha value is -2.19. The van der Waals surface area contributed by atoms with Gasteiger partial charge in [0.25, 0.3) is 11.8 Å². The van der Waals surface area contributed by atoms with E-state index in [2.05, 4.69) is 4.98 Å². The molecule has 0 unspecified atom stereocenters. The second-order valence-corrected chi connectivity index (χ2v) is 4.35. The average Bonchev–Trinajstić information content (AvgIpc) is 2.95. The van der Waals surface area contributed by atoms with Crippen LogP contribution in [-0.2, 0) is 6.61 Å². The molecule has 0 aliphatic carbocycles. The summed E-state index contributed by atoms with van der Waals surface area (Å²) in [6.45, 7) is -0.253. The smallest absolute Gasteiger partial charge is 0.269 e. The van der Waals surface area contributed by atoms with E-state index in [9.17, 15) is 9.59 Å². The number of carbonyl (C=O) groups excluding carboxylic acids is 2. The van der Waals surface area contributed by atoms with Crippen LogP contribution in [0, 0.1) is 0 Å². The molecule has 0 spiro atoms. The lowest BCUT2D eigenvalue weighted by atomic mass is 10.3. The zero-order chi connectivity index (χ0) is 13.3. The number of primary amides is 2. The second kappa shape index (κ2) is 4.59. The van der Waals surface area contributed by atoms with E-state index >= 15 is 0 Å². The minimum absolute atomic E-state index is 0.0144. The third-order valence-electron chi connectivity index (χ3n) is 2.11. The molecule has 2 aromatic heterocycles. The van der Waals surface area contributed by atoms with Crippen molar-refractivity contribution >= 4 is 23.2 Å². The van der Waals surface area contributed by atoms with E-state index in [1.54, 1.807) is 12.1 Å². The fraction of sp³-hybridized carbons (Fsp3) is 0.100. The third-order valence-corrected chi connectivity index (χ3v) is 3.20. The van der Waals surface area contributed by atoms with Gasteiger partial charge in [-0.2, -0.15) is 0 Å². The molecular formula is C10H9N3O4S. The minimum Gasteiger partial charge on any atom is -0.456 e. The van der Waals surface area contributed by atoms with Gasteiger partial charge in [0.1, 0.15) is 17.2 Å². The number of hydrogen-bond donors (Lipinski definition) is 3. The summed E-state index contributed by atoms with van der Waals surface area (Å²) >= 11 is 0.911. The van der Waals surface area contributed by atoms with Gasteiger partial charge in [0, 0.05) is 0 Å². The number of nitrogens with zero attached hydrogens (tertiary/aromatic N) is 1. The number of aliphatic hydroxyl groups excluding tert-OH is 1. The summed E-state index contributed by atoms with van der Waals surface area (Å²) in [5.41, 5.74) is 10.1. The molecule has 2 aromatic rings. The Kier molecular flexibility index (Phi) is 3.13. The number of nitrogens with two attached hydrogens (primary N) is 2. The molecule has 0 fully saturated rings. The van der Waals surface area contributed by atoms with Crippen molar-refractivity contribution in [2.24, 2.45) is 11.5 Å². The number of amides is 2. The maximum Gasteiger partial charge on any atom is 0.269 e. The molecule has 0 atom stereocenters. The predicted octanol–water partition coefficient (Wildman–Crippen LogP) is 0.0932. The van der Waals surface area contributed by atoms with E-state index in [1.165, 1.54) is 0 Å². The summed E-state index contributed by atoms with van der Waals surface area (Å²) < 4.78 is 5.24. The van der Waals surface area contributed by atoms with E-state index in [0.29, 0.717) is 16.5 Å². The molecule has 7 nitrogen and oxygen atoms in total. The van der Waals surface area contributed by atoms with Crippen LogP contribution in [0.4, 0.5) is 0 Å². The largest absolute Gasteiger partial charge is 0.456 e. The maximum atomic E-state index is 11.1. The Balaban J connectivity index is 2.49. The number of carbonyl (C=O) groups is 2. The number of aromatic nitrogens is 1. The Labute approximate surface area is 105 Å². The van der Waals surface area contributed by atoms with E-state index in [1.807, 2.05) is 0 Å². The fourth-order valence-electron chi connectivity index (χ4n) is 1.34. The molecule has 0 radical (unpaired) electrons. The standard InChI is InChI=1S/C10H9N3O4S/c11-8(15)6-7(9(12)16)18-10(13-6)5-2-1-4(3-14)17-5/h1-2,14H,3H2,(H2,11,15)(H2,12,16). The summed E-state index contributed by atoms with van der Waals surface area (Å²) in [7, 11) is 0. The van der Waals surface area contributed by atoms with Crippen molar-refractivity contribution in [1.29, 1.82) is 0 Å². The number of aliphatic hydroxyl groups is 1. The van der Waals surface area contributed by atoms with Gasteiger partial charge >= 0.3 is 0 Å². The van der Waals surface area contributed by atoms with Gasteiger partial charge in [-0.25, -0.2) is 4.98 Å². The van der Waals surface area contributed by atoms with E-state index < -0.39 is 11.8 Å². The van der Waals surface area contributed by atoms with Crippen LogP contribution in [0.1, 0.15) is 25.9 Å². The van der Waals surface area contributed by atoms with Crippen LogP contribution in [0.3, 0.4) is 0 Å². The van der Waals surface area contributed by atoms with Crippen LogP contribution in [0.25, 0.3) is 10.8 Å². The molecule has 94 valence electrons. The van der Waals surface area contributed by atoms with Crippen LogP contribution >= 0.6 is 11.3 Å². The Morgan fingerprint density at radius 1 is 1.33 bits per heavy atom. The molecular weight excluding hydrogens is 258 g/mol. The van der Waals surface area contributed by atoms with Gasteiger partial charge in [-0.3, -0.25) is 9.59 Å². The Bertz CT molecular complexity index is 585. The monoisotopic (exact) mass is 267 g/mol. The minimum atomic E-state index is -0.833. The van der Waals surface area contributed by atoms with Gasteiger partial charge < -0.3 is 21.0 Å². The molecule has 2 amide bonds. The summed E-state index contributed by atoms with van der Waals surface area (Å²) in [5, 5.41) is 9.18. The van der Waals surface area contributed by atoms with E-state index in [-0.39, 0.29) is 17.2 Å². The second-order valence-electron chi connectivity index (χ2n) is 3.35. The highest BCUT2D eigenvalue weighted by Gasteiger charge is 2.21. The van der Waals surface area contributed by atoms with Gasteiger partial charge in [0.05, 0.1) is 0 Å². The van der Waals surface area contributed by atoms with Gasteiger partial charge in [-0.15, -0.1) is 11.3 Å². The average molecular weight is 267 g/mol. The maximum absolute atomic E-state index is 11.1. The first-order chi connectivity index (χ1) is 8.52. The zero-order valence-electron chi connectivity index (χ0n) is 9.04. The zero-order valence-corrected chi connectivity index (χ0v) is 9.86. The number of rotatable bonds is 4. The normalized spacial score (nSPS) is 10.5. The molecule has 0 aliphatic heterocycles. The van der Waals surface area contributed by atoms with E-state index in [4.69, 9.17) is 21.0 Å². The first-order valence-corrected chi connectivity index (χ1v) is 5.65. The molecule has 0 aromatic carbocycles. The van der Waals surface area contributed by atoms with Crippen LogP contribution in [0.2, 0.25) is 0 Å². The molecule has 18 heavy (non-hydrogen) atoms. The quantitative estimate of drug-likeness (QED) is 0.722. The van der Waals surface area contributed by atoms with Crippen molar-refractivity contribution in [2.75, 3.05) is 0 Å². The highest BCUT2D eigenvalue weighted by Crippen LogP contribution is 2.29. The van der Waals surface area contributed by atoms with Crippen molar-refractivity contribution in [3.8, 4) is 10.8 Å². The van der Waals surface area contributed by atoms with Crippen LogP contribution in [0.15, 0.2) is 16.5 Å². The summed E-state index contributed by atoms with van der Waals surface area (Å²) in [6, 6.07) is 3.13. The lowest BCUT2D eigenvalue weighted by Crippen LogP contribution is -2.19. The van der Waals surface area contributed by atoms with Crippen molar-refractivity contribution in [2.45, 2.75) is 6.61 Å². The lowest BCUT2D eigenvalue weighted by molar-refractivity contribution is 0.0967. The van der Waals surface area contributed by atoms with Crippen LogP contribution in [0.5, 0.6) is 0 Å².